The van der Waals surface area contributed by atoms with Gasteiger partial charge in [0.2, 0.25) is 0 Å². The van der Waals surface area contributed by atoms with Crippen molar-refractivity contribution < 1.29 is 18.0 Å². The van der Waals surface area contributed by atoms with Crippen molar-refractivity contribution in [2.24, 2.45) is 0 Å². The summed E-state index contributed by atoms with van der Waals surface area (Å²) in [5, 5.41) is 16.2. The number of thiazole rings is 1. The third-order valence-electron chi connectivity index (χ3n) is 5.21. The Labute approximate surface area is 172 Å². The molecule has 152 valence electrons. The van der Waals surface area contributed by atoms with Gasteiger partial charge in [0.05, 0.1) is 38.6 Å². The molecule has 6 nitrogen and oxygen atoms in total. The second-order valence-corrected chi connectivity index (χ2v) is 8.10. The average molecular weight is 442 g/mol. The van der Waals surface area contributed by atoms with Crippen molar-refractivity contribution in [3.63, 3.8) is 0 Å². The molecule has 0 saturated carbocycles. The minimum absolute atomic E-state index is 0.0774. The molecule has 3 heterocycles. The molecule has 2 aromatic rings. The quantitative estimate of drug-likeness (QED) is 0.543. The molecule has 0 radical (unpaired) electrons. The molecule has 2 atom stereocenters. The molecule has 29 heavy (non-hydrogen) atoms. The third kappa shape index (κ3) is 3.29. The number of halogens is 4. The third-order valence-corrected chi connectivity index (χ3v) is 6.39. The van der Waals surface area contributed by atoms with Crippen LogP contribution in [0.1, 0.15) is 33.6 Å². The summed E-state index contributed by atoms with van der Waals surface area (Å²) >= 11 is 7.22. The van der Waals surface area contributed by atoms with Crippen LogP contribution in [-0.4, -0.2) is 51.0 Å². The van der Waals surface area contributed by atoms with Gasteiger partial charge < -0.3 is 9.80 Å². The highest BCUT2D eigenvalue weighted by Crippen LogP contribution is 2.39. The molecule has 2 aliphatic rings. The number of hydrogen-bond donors (Lipinski definition) is 2. The standard InChI is InChI=1S/C18H15ClF3N5OS/c19-14-10(2-1-3-11(14)18(20,21)22)17(28)27-9-4-5-12(27)15(23)26(7-9)16(24)13-6-25-8-29-13/h1-3,6,8-9,12,23-24H,4-5,7H2. The molecule has 4 rings (SSSR count). The maximum absolute atomic E-state index is 13.2. The van der Waals surface area contributed by atoms with Crippen LogP contribution in [0.4, 0.5) is 13.2 Å². The summed E-state index contributed by atoms with van der Waals surface area (Å²) in [5.41, 5.74) is 0.313. The highest BCUT2D eigenvalue weighted by Gasteiger charge is 2.48. The van der Waals surface area contributed by atoms with Gasteiger partial charge in [-0.15, -0.1) is 11.3 Å². The van der Waals surface area contributed by atoms with Gasteiger partial charge in [0.1, 0.15) is 11.7 Å². The number of hydrogen-bond acceptors (Lipinski definition) is 5. The van der Waals surface area contributed by atoms with E-state index in [1.807, 2.05) is 0 Å². The molecule has 2 saturated heterocycles. The fourth-order valence-corrected chi connectivity index (χ4v) is 4.75. The van der Waals surface area contributed by atoms with E-state index in [-0.39, 0.29) is 29.8 Å². The Bertz CT molecular complexity index is 994. The number of fused-ring (bicyclic) bond motifs is 2. The van der Waals surface area contributed by atoms with Crippen molar-refractivity contribution >= 4 is 40.5 Å². The predicted molar refractivity (Wildman–Crippen MR) is 103 cm³/mol. The first-order chi connectivity index (χ1) is 13.7. The first-order valence-corrected chi connectivity index (χ1v) is 9.97. The highest BCUT2D eigenvalue weighted by atomic mass is 35.5. The van der Waals surface area contributed by atoms with E-state index in [1.54, 1.807) is 11.7 Å². The van der Waals surface area contributed by atoms with Crippen LogP contribution in [0.5, 0.6) is 0 Å². The monoisotopic (exact) mass is 441 g/mol. The summed E-state index contributed by atoms with van der Waals surface area (Å²) in [5.74, 6) is -0.408. The van der Waals surface area contributed by atoms with Gasteiger partial charge in [0, 0.05) is 12.7 Å². The summed E-state index contributed by atoms with van der Waals surface area (Å²) in [4.78, 5) is 20.6. The van der Waals surface area contributed by atoms with E-state index in [0.29, 0.717) is 17.7 Å². The Morgan fingerprint density at radius 1 is 1.31 bits per heavy atom. The Morgan fingerprint density at radius 2 is 2.07 bits per heavy atom. The summed E-state index contributed by atoms with van der Waals surface area (Å²) in [7, 11) is 0. The van der Waals surface area contributed by atoms with Crippen molar-refractivity contribution in [1.82, 2.24) is 14.8 Å². The van der Waals surface area contributed by atoms with Crippen LogP contribution in [-0.2, 0) is 6.18 Å². The van der Waals surface area contributed by atoms with Gasteiger partial charge in [0.25, 0.3) is 5.91 Å². The lowest BCUT2D eigenvalue weighted by molar-refractivity contribution is -0.137. The average Bonchev–Trinajstić information content (AvgIpc) is 3.31. The molecule has 0 spiro atoms. The number of amidine groups is 2. The number of amides is 1. The number of piperazine rings is 1. The van der Waals surface area contributed by atoms with Crippen LogP contribution in [0.25, 0.3) is 0 Å². The smallest absolute Gasteiger partial charge is 0.324 e. The van der Waals surface area contributed by atoms with Crippen LogP contribution in [0.15, 0.2) is 29.9 Å². The number of alkyl halides is 3. The number of rotatable bonds is 2. The van der Waals surface area contributed by atoms with E-state index >= 15 is 0 Å². The molecule has 1 amide bonds. The minimum atomic E-state index is -4.67. The lowest BCUT2D eigenvalue weighted by Gasteiger charge is -2.42. The lowest BCUT2D eigenvalue weighted by atomic mass is 10.1. The number of nitrogens with zero attached hydrogens (tertiary/aromatic N) is 3. The van der Waals surface area contributed by atoms with Crippen molar-refractivity contribution in [1.29, 1.82) is 10.8 Å². The Balaban J connectivity index is 1.63. The van der Waals surface area contributed by atoms with Gasteiger partial charge in [-0.2, -0.15) is 13.2 Å². The lowest BCUT2D eigenvalue weighted by Crippen LogP contribution is -2.60. The minimum Gasteiger partial charge on any atom is -0.324 e. The number of aromatic nitrogens is 1. The van der Waals surface area contributed by atoms with Gasteiger partial charge in [-0.05, 0) is 25.0 Å². The molecule has 1 aromatic heterocycles. The molecule has 2 bridgehead atoms. The van der Waals surface area contributed by atoms with Gasteiger partial charge >= 0.3 is 6.18 Å². The second kappa shape index (κ2) is 7.10. The summed E-state index contributed by atoms with van der Waals surface area (Å²) < 4.78 is 39.5. The fourth-order valence-electron chi connectivity index (χ4n) is 3.86. The molecule has 1 aromatic carbocycles. The number of carbonyl (C=O) groups excluding carboxylic acids is 1. The summed E-state index contributed by atoms with van der Waals surface area (Å²) in [6.07, 6.45) is -2.01. The zero-order chi connectivity index (χ0) is 20.9. The Hall–Kier alpha value is -2.46. The van der Waals surface area contributed by atoms with E-state index in [0.717, 1.165) is 12.1 Å². The number of benzene rings is 1. The highest BCUT2D eigenvalue weighted by molar-refractivity contribution is 7.11. The summed E-state index contributed by atoms with van der Waals surface area (Å²) in [6, 6.07) is 2.34. The van der Waals surface area contributed by atoms with Gasteiger partial charge in [-0.1, -0.05) is 17.7 Å². The molecule has 2 fully saturated rings. The van der Waals surface area contributed by atoms with Crippen LogP contribution >= 0.6 is 22.9 Å². The molecular formula is C18H15ClF3N5OS. The topological polar surface area (TPSA) is 84.1 Å². The van der Waals surface area contributed by atoms with Crippen molar-refractivity contribution in [3.05, 3.63) is 50.9 Å². The SMILES string of the molecule is N=C(c1cncs1)N1CC2CCC(C1=N)N2C(=O)c1cccc(C(F)(F)F)c1Cl. The molecular weight excluding hydrogens is 427 g/mol. The first kappa shape index (κ1) is 19.8. The van der Waals surface area contributed by atoms with Crippen LogP contribution < -0.4 is 0 Å². The van der Waals surface area contributed by atoms with Crippen LogP contribution in [0.3, 0.4) is 0 Å². The molecule has 11 heteroatoms. The van der Waals surface area contributed by atoms with Crippen molar-refractivity contribution in [3.8, 4) is 0 Å². The van der Waals surface area contributed by atoms with E-state index in [9.17, 15) is 18.0 Å². The predicted octanol–water partition coefficient (Wildman–Crippen LogP) is 4.11. The Kier molecular flexibility index (Phi) is 4.86. The number of carbonyl (C=O) groups is 1. The van der Waals surface area contributed by atoms with Crippen molar-refractivity contribution in [2.75, 3.05) is 6.54 Å². The first-order valence-electron chi connectivity index (χ1n) is 8.72. The fraction of sp³-hybridized carbons (Fsp3) is 0.333. The van der Waals surface area contributed by atoms with Gasteiger partial charge in [-0.3, -0.25) is 20.6 Å². The molecule has 2 N–H and O–H groups in total. The number of nitrogens with one attached hydrogen (secondary N) is 2. The zero-order valence-corrected chi connectivity index (χ0v) is 16.4. The zero-order valence-electron chi connectivity index (χ0n) is 14.8. The molecule has 2 aliphatic heterocycles. The number of likely N-dealkylation sites (tertiary alicyclic amines) is 1. The normalized spacial score (nSPS) is 21.6. The maximum Gasteiger partial charge on any atom is 0.417 e. The van der Waals surface area contributed by atoms with Gasteiger partial charge in [-0.25, -0.2) is 0 Å². The summed E-state index contributed by atoms with van der Waals surface area (Å²) in [6.45, 7) is 0.231. The van der Waals surface area contributed by atoms with Crippen LogP contribution in [0, 0.1) is 10.8 Å². The van der Waals surface area contributed by atoms with E-state index in [1.165, 1.54) is 27.2 Å². The van der Waals surface area contributed by atoms with E-state index in [4.69, 9.17) is 22.4 Å². The maximum atomic E-state index is 13.2. The van der Waals surface area contributed by atoms with Crippen molar-refractivity contribution in [2.45, 2.75) is 31.1 Å². The molecule has 0 aliphatic carbocycles. The van der Waals surface area contributed by atoms with E-state index in [2.05, 4.69) is 4.98 Å². The largest absolute Gasteiger partial charge is 0.417 e. The molecule has 2 unspecified atom stereocenters. The van der Waals surface area contributed by atoms with Gasteiger partial charge in [0.15, 0.2) is 0 Å². The van der Waals surface area contributed by atoms with E-state index < -0.39 is 28.7 Å². The van der Waals surface area contributed by atoms with Crippen LogP contribution in [0.2, 0.25) is 5.02 Å². The Morgan fingerprint density at radius 3 is 2.72 bits per heavy atom. The second-order valence-electron chi connectivity index (χ2n) is 6.83.